The Kier molecular flexibility index (Phi) is 5.58. The third-order valence-corrected chi connectivity index (χ3v) is 4.58. The van der Waals surface area contributed by atoms with Crippen LogP contribution >= 0.6 is 11.8 Å². The molecule has 1 fully saturated rings. The fraction of sp³-hybridized carbons (Fsp3) is 0.909. The Balaban J connectivity index is 2.44. The average Bonchev–Trinajstić information content (AvgIpc) is 2.26. The number of thioether (sulfide) groups is 1. The zero-order chi connectivity index (χ0) is 12.1. The first-order chi connectivity index (χ1) is 7.54. The first-order valence-electron chi connectivity index (χ1n) is 5.74. The summed E-state index contributed by atoms with van der Waals surface area (Å²) in [4.78, 5) is 13.1. The van der Waals surface area contributed by atoms with Gasteiger partial charge in [-0.25, -0.2) is 0 Å². The van der Waals surface area contributed by atoms with Gasteiger partial charge < -0.3 is 15.7 Å². The van der Waals surface area contributed by atoms with Gasteiger partial charge in [-0.05, 0) is 51.6 Å². The number of nitrogens with two attached hydrogens (primary N) is 1. The first-order valence-corrected chi connectivity index (χ1v) is 7.03. The van der Waals surface area contributed by atoms with Gasteiger partial charge in [0.15, 0.2) is 0 Å². The SMILES string of the molecule is CSC(C[C@H](N)C(=O)O)C1CCN(C)CC1. The maximum absolute atomic E-state index is 10.7. The molecule has 1 heterocycles. The molecule has 3 N–H and O–H groups in total. The molecule has 0 aliphatic carbocycles. The van der Waals surface area contributed by atoms with Crippen LogP contribution in [-0.2, 0) is 4.79 Å². The maximum Gasteiger partial charge on any atom is 0.320 e. The second-order valence-electron chi connectivity index (χ2n) is 4.60. The van der Waals surface area contributed by atoms with Crippen LogP contribution in [0, 0.1) is 5.92 Å². The summed E-state index contributed by atoms with van der Waals surface area (Å²) in [6.45, 7) is 2.23. The van der Waals surface area contributed by atoms with Crippen molar-refractivity contribution in [1.29, 1.82) is 0 Å². The van der Waals surface area contributed by atoms with Crippen molar-refractivity contribution in [1.82, 2.24) is 4.90 Å². The molecule has 0 radical (unpaired) electrons. The number of piperidine rings is 1. The van der Waals surface area contributed by atoms with Crippen molar-refractivity contribution < 1.29 is 9.90 Å². The number of hydrogen-bond donors (Lipinski definition) is 2. The van der Waals surface area contributed by atoms with Crippen molar-refractivity contribution in [2.75, 3.05) is 26.4 Å². The molecule has 1 saturated heterocycles. The van der Waals surface area contributed by atoms with Gasteiger partial charge in [-0.1, -0.05) is 0 Å². The lowest BCUT2D eigenvalue weighted by atomic mass is 9.90. The van der Waals surface area contributed by atoms with E-state index in [1.165, 1.54) is 0 Å². The van der Waals surface area contributed by atoms with Crippen molar-refractivity contribution in [2.24, 2.45) is 11.7 Å². The number of nitrogens with zero attached hydrogens (tertiary/aromatic N) is 1. The van der Waals surface area contributed by atoms with Crippen LogP contribution < -0.4 is 5.73 Å². The molecule has 1 rings (SSSR count). The fourth-order valence-electron chi connectivity index (χ4n) is 2.23. The second-order valence-corrected chi connectivity index (χ2v) is 5.67. The zero-order valence-electron chi connectivity index (χ0n) is 10.1. The van der Waals surface area contributed by atoms with Crippen molar-refractivity contribution in [3.8, 4) is 0 Å². The number of aliphatic carboxylic acids is 1. The van der Waals surface area contributed by atoms with E-state index in [9.17, 15) is 4.79 Å². The standard InChI is InChI=1S/C11H22N2O2S/c1-13-5-3-8(4-6-13)10(16-2)7-9(12)11(14)15/h8-10H,3-7,12H2,1-2H3,(H,14,15)/t9-,10?/m0/s1. The van der Waals surface area contributed by atoms with E-state index in [0.29, 0.717) is 17.6 Å². The second kappa shape index (κ2) is 6.47. The molecule has 0 bridgehead atoms. The van der Waals surface area contributed by atoms with E-state index in [0.717, 1.165) is 25.9 Å². The molecule has 0 saturated carbocycles. The summed E-state index contributed by atoms with van der Waals surface area (Å²) >= 11 is 1.76. The van der Waals surface area contributed by atoms with Crippen LogP contribution in [0.25, 0.3) is 0 Å². The lowest BCUT2D eigenvalue weighted by Gasteiger charge is -2.34. The number of rotatable bonds is 5. The summed E-state index contributed by atoms with van der Waals surface area (Å²) in [7, 11) is 2.13. The maximum atomic E-state index is 10.7. The topological polar surface area (TPSA) is 66.6 Å². The summed E-state index contributed by atoms with van der Waals surface area (Å²) < 4.78 is 0. The Morgan fingerprint density at radius 2 is 2.12 bits per heavy atom. The Morgan fingerprint density at radius 3 is 2.56 bits per heavy atom. The normalized spacial score (nSPS) is 22.9. The van der Waals surface area contributed by atoms with Crippen LogP contribution in [0.4, 0.5) is 0 Å². The largest absolute Gasteiger partial charge is 0.480 e. The van der Waals surface area contributed by atoms with Gasteiger partial charge >= 0.3 is 5.97 Å². The molecule has 5 heteroatoms. The number of likely N-dealkylation sites (tertiary alicyclic amines) is 1. The molecule has 0 aromatic carbocycles. The molecular formula is C11H22N2O2S. The van der Waals surface area contributed by atoms with Gasteiger partial charge in [0.1, 0.15) is 6.04 Å². The summed E-state index contributed by atoms with van der Waals surface area (Å²) in [6.07, 6.45) is 4.96. The van der Waals surface area contributed by atoms with Gasteiger partial charge in [-0.3, -0.25) is 4.79 Å². The van der Waals surface area contributed by atoms with Crippen LogP contribution in [0.1, 0.15) is 19.3 Å². The smallest absolute Gasteiger partial charge is 0.320 e. The van der Waals surface area contributed by atoms with Crippen molar-refractivity contribution in [3.05, 3.63) is 0 Å². The summed E-state index contributed by atoms with van der Waals surface area (Å²) in [5.41, 5.74) is 5.60. The minimum atomic E-state index is -0.882. The van der Waals surface area contributed by atoms with Crippen molar-refractivity contribution >= 4 is 17.7 Å². The van der Waals surface area contributed by atoms with E-state index in [4.69, 9.17) is 10.8 Å². The highest BCUT2D eigenvalue weighted by atomic mass is 32.2. The van der Waals surface area contributed by atoms with Crippen molar-refractivity contribution in [3.63, 3.8) is 0 Å². The number of hydrogen-bond acceptors (Lipinski definition) is 4. The minimum Gasteiger partial charge on any atom is -0.480 e. The van der Waals surface area contributed by atoms with E-state index in [1.54, 1.807) is 11.8 Å². The molecule has 1 aliphatic rings. The zero-order valence-corrected chi connectivity index (χ0v) is 10.9. The third kappa shape index (κ3) is 3.96. The van der Waals surface area contributed by atoms with Gasteiger partial charge in [-0.2, -0.15) is 11.8 Å². The highest BCUT2D eigenvalue weighted by Crippen LogP contribution is 2.29. The van der Waals surface area contributed by atoms with Crippen LogP contribution in [0.5, 0.6) is 0 Å². The molecule has 1 unspecified atom stereocenters. The Morgan fingerprint density at radius 1 is 1.56 bits per heavy atom. The molecule has 2 atom stereocenters. The molecule has 0 spiro atoms. The number of carbonyl (C=O) groups is 1. The molecule has 0 amide bonds. The lowest BCUT2D eigenvalue weighted by Crippen LogP contribution is -2.39. The number of carboxylic acid groups (broad SMARTS) is 1. The fourth-order valence-corrected chi connectivity index (χ4v) is 3.29. The van der Waals surface area contributed by atoms with E-state index < -0.39 is 12.0 Å². The van der Waals surface area contributed by atoms with Crippen LogP contribution in [0.2, 0.25) is 0 Å². The molecule has 94 valence electrons. The summed E-state index contributed by atoms with van der Waals surface area (Å²) in [5, 5.41) is 9.21. The quantitative estimate of drug-likeness (QED) is 0.753. The highest BCUT2D eigenvalue weighted by Gasteiger charge is 2.27. The Bertz CT molecular complexity index is 230. The lowest BCUT2D eigenvalue weighted by molar-refractivity contribution is -0.138. The predicted octanol–water partition coefficient (Wildman–Crippen LogP) is 0.862. The van der Waals surface area contributed by atoms with Gasteiger partial charge in [0.25, 0.3) is 0 Å². The van der Waals surface area contributed by atoms with Crippen LogP contribution in [0.3, 0.4) is 0 Å². The summed E-state index contributed by atoms with van der Waals surface area (Å²) in [5.74, 6) is -0.261. The molecule has 4 nitrogen and oxygen atoms in total. The minimum absolute atomic E-state index is 0.389. The van der Waals surface area contributed by atoms with E-state index in [2.05, 4.69) is 18.2 Å². The van der Waals surface area contributed by atoms with E-state index >= 15 is 0 Å². The van der Waals surface area contributed by atoms with Crippen LogP contribution in [0.15, 0.2) is 0 Å². The van der Waals surface area contributed by atoms with Gasteiger partial charge in [0, 0.05) is 5.25 Å². The van der Waals surface area contributed by atoms with Gasteiger partial charge in [0.05, 0.1) is 0 Å². The molecule has 1 aliphatic heterocycles. The Labute approximate surface area is 102 Å². The third-order valence-electron chi connectivity index (χ3n) is 3.40. The van der Waals surface area contributed by atoms with Crippen molar-refractivity contribution in [2.45, 2.75) is 30.6 Å². The van der Waals surface area contributed by atoms with E-state index in [1.807, 2.05) is 0 Å². The van der Waals surface area contributed by atoms with Crippen LogP contribution in [-0.4, -0.2) is 53.7 Å². The first kappa shape index (κ1) is 13.8. The molecular weight excluding hydrogens is 224 g/mol. The van der Waals surface area contributed by atoms with E-state index in [-0.39, 0.29) is 0 Å². The molecule has 16 heavy (non-hydrogen) atoms. The molecule has 0 aromatic heterocycles. The monoisotopic (exact) mass is 246 g/mol. The van der Waals surface area contributed by atoms with Gasteiger partial charge in [-0.15, -0.1) is 0 Å². The average molecular weight is 246 g/mol. The predicted molar refractivity (Wildman–Crippen MR) is 67.8 cm³/mol. The Hall–Kier alpha value is -0.260. The number of carboxylic acids is 1. The highest BCUT2D eigenvalue weighted by molar-refractivity contribution is 7.99. The summed E-state index contributed by atoms with van der Waals surface area (Å²) in [6, 6.07) is -0.711. The molecule has 0 aromatic rings. The van der Waals surface area contributed by atoms with Gasteiger partial charge in [0.2, 0.25) is 0 Å².